The molecule has 1 aliphatic heterocycles. The van der Waals surface area contributed by atoms with Crippen molar-refractivity contribution in [3.8, 4) is 0 Å². The van der Waals surface area contributed by atoms with Gasteiger partial charge < -0.3 is 9.74 Å². The molecule has 0 saturated carbocycles. The summed E-state index contributed by atoms with van der Waals surface area (Å²) in [5.41, 5.74) is 1.44. The van der Waals surface area contributed by atoms with Crippen LogP contribution in [-0.4, -0.2) is 41.8 Å². The summed E-state index contributed by atoms with van der Waals surface area (Å²) in [6, 6.07) is 15.7. The Hall–Kier alpha value is -2.99. The molecule has 2 amide bonds. The molecule has 0 aromatic heterocycles. The number of hydrogen-bond acceptors (Lipinski definition) is 5. The molecule has 25 heavy (non-hydrogen) atoms. The minimum atomic E-state index is -0.642. The molecule has 0 saturated heterocycles. The molecule has 3 rings (SSSR count). The minimum Gasteiger partial charge on any atom is -0.330 e. The number of hydroxylamine groups is 2. The van der Waals surface area contributed by atoms with E-state index < -0.39 is 17.8 Å². The molecule has 0 aliphatic carbocycles. The molecule has 128 valence electrons. The smallest absolute Gasteiger partial charge is 0.330 e. The molecule has 1 aliphatic rings. The van der Waals surface area contributed by atoms with Crippen LogP contribution < -0.4 is 0 Å². The number of hydrogen-bond donors (Lipinski definition) is 0. The molecule has 2 aromatic rings. The number of carbonyl (C=O) groups is 3. The normalized spacial score (nSPS) is 14.6. The fourth-order valence-electron chi connectivity index (χ4n) is 2.82. The van der Waals surface area contributed by atoms with Gasteiger partial charge in [-0.3, -0.25) is 9.59 Å². The second-order valence-corrected chi connectivity index (χ2v) is 6.01. The lowest BCUT2D eigenvalue weighted by Gasteiger charge is -2.24. The first-order chi connectivity index (χ1) is 12.0. The number of fused-ring (bicyclic) bond motifs is 1. The van der Waals surface area contributed by atoms with Gasteiger partial charge in [0.1, 0.15) is 0 Å². The zero-order valence-electron chi connectivity index (χ0n) is 14.0. The lowest BCUT2D eigenvalue weighted by Crippen LogP contribution is -2.34. The number of rotatable bonds is 5. The van der Waals surface area contributed by atoms with Gasteiger partial charge in [0.2, 0.25) is 0 Å². The van der Waals surface area contributed by atoms with Crippen molar-refractivity contribution >= 4 is 17.8 Å². The second-order valence-electron chi connectivity index (χ2n) is 6.01. The van der Waals surface area contributed by atoms with E-state index in [4.69, 9.17) is 4.84 Å². The van der Waals surface area contributed by atoms with Crippen molar-refractivity contribution in [1.29, 1.82) is 0 Å². The third-order valence-corrected chi connectivity index (χ3v) is 4.12. The summed E-state index contributed by atoms with van der Waals surface area (Å²) in [5.74, 6) is -1.87. The standard InChI is InChI=1S/C19H18N2O4/c1-20(2)16(13-8-4-3-5-9-13)12-17(22)25-21-18(23)14-10-6-7-11-15(14)19(21)24/h3-11,16H,12H2,1-2H3. The third kappa shape index (κ3) is 3.29. The monoisotopic (exact) mass is 338 g/mol. The van der Waals surface area contributed by atoms with E-state index >= 15 is 0 Å². The zero-order valence-corrected chi connectivity index (χ0v) is 14.0. The Morgan fingerprint density at radius 2 is 1.48 bits per heavy atom. The quantitative estimate of drug-likeness (QED) is 0.784. The Labute approximate surface area is 145 Å². The van der Waals surface area contributed by atoms with E-state index in [9.17, 15) is 14.4 Å². The number of nitrogens with zero attached hydrogens (tertiary/aromatic N) is 2. The van der Waals surface area contributed by atoms with Gasteiger partial charge in [0.15, 0.2) is 0 Å². The van der Waals surface area contributed by atoms with Gasteiger partial charge in [-0.2, -0.15) is 0 Å². The Morgan fingerprint density at radius 1 is 0.960 bits per heavy atom. The van der Waals surface area contributed by atoms with E-state index in [2.05, 4.69) is 0 Å². The molecule has 0 N–H and O–H groups in total. The maximum absolute atomic E-state index is 12.3. The predicted molar refractivity (Wildman–Crippen MR) is 90.5 cm³/mol. The number of carbonyl (C=O) groups excluding carboxylic acids is 3. The van der Waals surface area contributed by atoms with Gasteiger partial charge in [-0.15, -0.1) is 0 Å². The third-order valence-electron chi connectivity index (χ3n) is 4.12. The highest BCUT2D eigenvalue weighted by atomic mass is 16.7. The van der Waals surface area contributed by atoms with E-state index in [1.165, 1.54) is 12.1 Å². The van der Waals surface area contributed by atoms with Crippen molar-refractivity contribution in [3.05, 3.63) is 71.3 Å². The van der Waals surface area contributed by atoms with Crippen molar-refractivity contribution in [1.82, 2.24) is 9.96 Å². The van der Waals surface area contributed by atoms with E-state index in [0.717, 1.165) is 5.56 Å². The fraction of sp³-hybridized carbons (Fsp3) is 0.211. The molecule has 1 atom stereocenters. The van der Waals surface area contributed by atoms with Crippen molar-refractivity contribution < 1.29 is 19.2 Å². The van der Waals surface area contributed by atoms with E-state index in [-0.39, 0.29) is 23.6 Å². The van der Waals surface area contributed by atoms with Crippen LogP contribution in [0.1, 0.15) is 38.7 Å². The maximum atomic E-state index is 12.3. The molecule has 0 bridgehead atoms. The lowest BCUT2D eigenvalue weighted by atomic mass is 10.0. The molecular weight excluding hydrogens is 320 g/mol. The van der Waals surface area contributed by atoms with Crippen LogP contribution >= 0.6 is 0 Å². The SMILES string of the molecule is CN(C)C(CC(=O)ON1C(=O)c2ccccc2C1=O)c1ccccc1. The van der Waals surface area contributed by atoms with Crippen molar-refractivity contribution in [2.75, 3.05) is 14.1 Å². The molecule has 0 radical (unpaired) electrons. The van der Waals surface area contributed by atoms with Gasteiger partial charge in [0.25, 0.3) is 11.8 Å². The average molecular weight is 338 g/mol. The molecule has 2 aromatic carbocycles. The number of amides is 2. The molecule has 6 nitrogen and oxygen atoms in total. The van der Waals surface area contributed by atoms with Crippen LogP contribution in [0.15, 0.2) is 54.6 Å². The average Bonchev–Trinajstić information content (AvgIpc) is 2.85. The first-order valence-corrected chi connectivity index (χ1v) is 7.89. The highest BCUT2D eigenvalue weighted by Crippen LogP contribution is 2.25. The van der Waals surface area contributed by atoms with Crippen LogP contribution in [0, 0.1) is 0 Å². The van der Waals surface area contributed by atoms with Crippen LogP contribution in [0.2, 0.25) is 0 Å². The molecule has 1 heterocycles. The zero-order chi connectivity index (χ0) is 18.0. The Kier molecular flexibility index (Phi) is 4.63. The largest absolute Gasteiger partial charge is 0.335 e. The summed E-state index contributed by atoms with van der Waals surface area (Å²) in [4.78, 5) is 43.8. The van der Waals surface area contributed by atoms with Crippen LogP contribution in [0.3, 0.4) is 0 Å². The summed E-state index contributed by atoms with van der Waals surface area (Å²) < 4.78 is 0. The van der Waals surface area contributed by atoms with Gasteiger partial charge in [0.05, 0.1) is 17.5 Å². The molecular formula is C19H18N2O4. The summed E-state index contributed by atoms with van der Waals surface area (Å²) >= 11 is 0. The Balaban J connectivity index is 1.73. The maximum Gasteiger partial charge on any atom is 0.335 e. The first kappa shape index (κ1) is 16.9. The van der Waals surface area contributed by atoms with Crippen molar-refractivity contribution in [3.63, 3.8) is 0 Å². The van der Waals surface area contributed by atoms with Crippen LogP contribution in [-0.2, 0) is 9.63 Å². The van der Waals surface area contributed by atoms with Gasteiger partial charge in [-0.1, -0.05) is 47.5 Å². The first-order valence-electron chi connectivity index (χ1n) is 7.89. The topological polar surface area (TPSA) is 66.9 Å². The highest BCUT2D eigenvalue weighted by Gasteiger charge is 2.38. The van der Waals surface area contributed by atoms with Gasteiger partial charge in [-0.05, 0) is 31.8 Å². The van der Waals surface area contributed by atoms with Gasteiger partial charge >= 0.3 is 5.97 Å². The van der Waals surface area contributed by atoms with Gasteiger partial charge in [0, 0.05) is 6.04 Å². The summed E-state index contributed by atoms with van der Waals surface area (Å²) in [7, 11) is 3.71. The lowest BCUT2D eigenvalue weighted by molar-refractivity contribution is -0.169. The predicted octanol–water partition coefficient (Wildman–Crippen LogP) is 2.43. The number of benzene rings is 2. The molecule has 6 heteroatoms. The molecule has 0 fully saturated rings. The van der Waals surface area contributed by atoms with Crippen molar-refractivity contribution in [2.24, 2.45) is 0 Å². The minimum absolute atomic E-state index is 0.0183. The Bertz CT molecular complexity index is 782. The number of imide groups is 1. The van der Waals surface area contributed by atoms with Crippen LogP contribution in [0.5, 0.6) is 0 Å². The van der Waals surface area contributed by atoms with E-state index in [1.54, 1.807) is 12.1 Å². The van der Waals surface area contributed by atoms with Crippen LogP contribution in [0.25, 0.3) is 0 Å². The summed E-state index contributed by atoms with van der Waals surface area (Å²) in [6.07, 6.45) is 0.0183. The van der Waals surface area contributed by atoms with Gasteiger partial charge in [-0.25, -0.2) is 4.79 Å². The van der Waals surface area contributed by atoms with E-state index in [1.807, 2.05) is 49.3 Å². The summed E-state index contributed by atoms with van der Waals surface area (Å²) in [6.45, 7) is 0. The summed E-state index contributed by atoms with van der Waals surface area (Å²) in [5, 5.41) is 0.546. The Morgan fingerprint density at radius 3 is 2.00 bits per heavy atom. The fourth-order valence-corrected chi connectivity index (χ4v) is 2.82. The molecule has 0 spiro atoms. The molecule has 1 unspecified atom stereocenters. The highest BCUT2D eigenvalue weighted by molar-refractivity contribution is 6.20. The van der Waals surface area contributed by atoms with E-state index in [0.29, 0.717) is 5.06 Å². The second kappa shape index (κ2) is 6.86. The van der Waals surface area contributed by atoms with Crippen molar-refractivity contribution in [2.45, 2.75) is 12.5 Å². The van der Waals surface area contributed by atoms with Crippen LogP contribution in [0.4, 0.5) is 0 Å².